The highest BCUT2D eigenvalue weighted by molar-refractivity contribution is 5.69. The molecular weight excluding hydrogens is 440 g/mol. The molecule has 1 N–H and O–H groups in total. The number of aliphatic carboxylic acids is 1. The van der Waals surface area contributed by atoms with Crippen LogP contribution in [0.25, 0.3) is 11.3 Å². The van der Waals surface area contributed by atoms with Crippen molar-refractivity contribution in [3.05, 3.63) is 88.7 Å². The van der Waals surface area contributed by atoms with Gasteiger partial charge in [0, 0.05) is 18.2 Å². The third kappa shape index (κ3) is 4.45. The molecule has 174 valence electrons. The lowest BCUT2D eigenvalue weighted by molar-refractivity contribution is -0.139. The number of nitrogens with zero attached hydrogens (tertiary/aromatic N) is 2. The Labute approximate surface area is 194 Å². The zero-order chi connectivity index (χ0) is 23.5. The van der Waals surface area contributed by atoms with E-state index in [2.05, 4.69) is 11.1 Å². The lowest BCUT2D eigenvalue weighted by Crippen LogP contribution is -2.31. The van der Waals surface area contributed by atoms with E-state index in [1.807, 2.05) is 18.2 Å². The monoisotopic (exact) mass is 462 g/mol. The molecule has 0 saturated carbocycles. The second-order valence-corrected chi connectivity index (χ2v) is 7.92. The molecule has 34 heavy (non-hydrogen) atoms. The van der Waals surface area contributed by atoms with Crippen molar-refractivity contribution in [1.29, 1.82) is 0 Å². The summed E-state index contributed by atoms with van der Waals surface area (Å²) in [6.45, 7) is 0.0309. The van der Waals surface area contributed by atoms with Crippen LogP contribution in [0.1, 0.15) is 18.4 Å². The van der Waals surface area contributed by atoms with Crippen molar-refractivity contribution in [2.45, 2.75) is 31.9 Å². The average molecular weight is 462 g/mol. The van der Waals surface area contributed by atoms with E-state index in [1.54, 1.807) is 22.8 Å². The van der Waals surface area contributed by atoms with E-state index in [0.717, 1.165) is 29.5 Å². The highest BCUT2D eigenvalue weighted by Gasteiger charge is 2.27. The quantitative estimate of drug-likeness (QED) is 0.668. The smallest absolute Gasteiger partial charge is 0.351 e. The third-order valence-electron chi connectivity index (χ3n) is 5.71. The SMILES string of the molecule is O=C(O)COc1ccc2c(c1)CCn1c-2cc(OC(C2=CC=CCC2)C2=COC=CO2)nc1=O. The van der Waals surface area contributed by atoms with Gasteiger partial charge in [-0.1, -0.05) is 18.2 Å². The first-order valence-corrected chi connectivity index (χ1v) is 10.9. The van der Waals surface area contributed by atoms with Gasteiger partial charge in [0.15, 0.2) is 18.5 Å². The number of rotatable bonds is 7. The lowest BCUT2D eigenvalue weighted by atomic mass is 9.97. The van der Waals surface area contributed by atoms with Crippen LogP contribution in [0.15, 0.2) is 77.4 Å². The van der Waals surface area contributed by atoms with Crippen LogP contribution in [0.4, 0.5) is 0 Å². The van der Waals surface area contributed by atoms with Crippen LogP contribution in [-0.2, 0) is 27.2 Å². The van der Waals surface area contributed by atoms with Gasteiger partial charge in [-0.05, 0) is 48.6 Å². The van der Waals surface area contributed by atoms with E-state index in [-0.39, 0.29) is 5.88 Å². The number of carboxylic acid groups (broad SMARTS) is 1. The van der Waals surface area contributed by atoms with Crippen molar-refractivity contribution in [2.24, 2.45) is 0 Å². The normalized spacial score (nSPS) is 16.7. The lowest BCUT2D eigenvalue weighted by Gasteiger charge is -2.26. The van der Waals surface area contributed by atoms with Crippen molar-refractivity contribution < 1.29 is 28.8 Å². The van der Waals surface area contributed by atoms with Gasteiger partial charge >= 0.3 is 11.7 Å². The average Bonchev–Trinajstić information content (AvgIpc) is 2.87. The molecule has 0 fully saturated rings. The van der Waals surface area contributed by atoms with Crippen LogP contribution in [0.2, 0.25) is 0 Å². The molecule has 9 nitrogen and oxygen atoms in total. The summed E-state index contributed by atoms with van der Waals surface area (Å²) < 4.78 is 24.0. The first-order chi connectivity index (χ1) is 16.6. The van der Waals surface area contributed by atoms with Crippen LogP contribution in [0.3, 0.4) is 0 Å². The minimum atomic E-state index is -1.04. The minimum Gasteiger partial charge on any atom is -0.482 e. The van der Waals surface area contributed by atoms with E-state index in [9.17, 15) is 9.59 Å². The largest absolute Gasteiger partial charge is 0.482 e. The number of allylic oxidation sites excluding steroid dienone is 3. The van der Waals surface area contributed by atoms with Crippen LogP contribution in [0.5, 0.6) is 11.6 Å². The molecule has 2 aliphatic heterocycles. The summed E-state index contributed by atoms with van der Waals surface area (Å²) >= 11 is 0. The predicted octanol–water partition coefficient (Wildman–Crippen LogP) is 3.31. The standard InChI is InChI=1S/C25H22N2O7/c28-23(29)15-33-18-6-7-19-17(12-18)8-9-27-20(19)13-22(26-25(27)30)34-24(16-4-2-1-3-5-16)21-14-31-10-11-32-21/h1-2,4,6-7,10-14,24H,3,5,8-9,15H2,(H,28,29). The number of hydrogen-bond donors (Lipinski definition) is 1. The molecular formula is C25H22N2O7. The first-order valence-electron chi connectivity index (χ1n) is 10.9. The molecule has 0 amide bonds. The summed E-state index contributed by atoms with van der Waals surface area (Å²) in [7, 11) is 0. The molecule has 1 aromatic carbocycles. The van der Waals surface area contributed by atoms with Crippen LogP contribution >= 0.6 is 0 Å². The Morgan fingerprint density at radius 2 is 2.15 bits per heavy atom. The second kappa shape index (κ2) is 9.30. The Balaban J connectivity index is 1.48. The van der Waals surface area contributed by atoms with Gasteiger partial charge in [0.25, 0.3) is 0 Å². The number of carbonyl (C=O) groups is 1. The molecule has 1 aromatic heterocycles. The fraction of sp³-hybridized carbons (Fsp3) is 0.240. The van der Waals surface area contributed by atoms with E-state index >= 15 is 0 Å². The first kappa shape index (κ1) is 21.6. The van der Waals surface area contributed by atoms with Gasteiger partial charge in [0.2, 0.25) is 5.88 Å². The molecule has 1 atom stereocenters. The van der Waals surface area contributed by atoms with Crippen molar-refractivity contribution in [3.63, 3.8) is 0 Å². The topological polar surface area (TPSA) is 109 Å². The number of fused-ring (bicyclic) bond motifs is 3. The van der Waals surface area contributed by atoms with E-state index in [1.165, 1.54) is 18.8 Å². The summed E-state index contributed by atoms with van der Waals surface area (Å²) in [5, 5.41) is 8.85. The van der Waals surface area contributed by atoms with Crippen molar-refractivity contribution in [1.82, 2.24) is 9.55 Å². The fourth-order valence-electron chi connectivity index (χ4n) is 4.15. The van der Waals surface area contributed by atoms with Gasteiger partial charge < -0.3 is 24.1 Å². The highest BCUT2D eigenvalue weighted by Crippen LogP contribution is 2.33. The van der Waals surface area contributed by atoms with Crippen LogP contribution < -0.4 is 15.2 Å². The summed E-state index contributed by atoms with van der Waals surface area (Å²) in [6.07, 6.45) is 12.0. The second-order valence-electron chi connectivity index (χ2n) is 7.92. The Morgan fingerprint density at radius 1 is 1.24 bits per heavy atom. The van der Waals surface area contributed by atoms with Crippen LogP contribution in [0, 0.1) is 0 Å². The summed E-state index contributed by atoms with van der Waals surface area (Å²) in [6, 6.07) is 7.05. The number of carboxylic acids is 1. The molecule has 0 spiro atoms. The number of ether oxygens (including phenoxy) is 4. The predicted molar refractivity (Wildman–Crippen MR) is 121 cm³/mol. The number of aryl methyl sites for hydroxylation is 1. The van der Waals surface area contributed by atoms with Gasteiger partial charge in [-0.3, -0.25) is 4.57 Å². The zero-order valence-corrected chi connectivity index (χ0v) is 18.2. The van der Waals surface area contributed by atoms with Gasteiger partial charge in [-0.2, -0.15) is 4.98 Å². The molecule has 9 heteroatoms. The van der Waals surface area contributed by atoms with Gasteiger partial charge in [-0.15, -0.1) is 0 Å². The number of benzene rings is 1. The summed E-state index contributed by atoms with van der Waals surface area (Å²) in [5.74, 6) is 0.0620. The van der Waals surface area contributed by atoms with Crippen molar-refractivity contribution in [2.75, 3.05) is 6.61 Å². The third-order valence-corrected chi connectivity index (χ3v) is 5.71. The van der Waals surface area contributed by atoms with Crippen molar-refractivity contribution >= 4 is 5.97 Å². The number of aromatic nitrogens is 2. The maximum Gasteiger partial charge on any atom is 0.351 e. The van der Waals surface area contributed by atoms with E-state index in [4.69, 9.17) is 24.1 Å². The van der Waals surface area contributed by atoms with E-state index < -0.39 is 24.4 Å². The summed E-state index contributed by atoms with van der Waals surface area (Å²) in [4.78, 5) is 27.8. The van der Waals surface area contributed by atoms with E-state index in [0.29, 0.717) is 30.2 Å². The van der Waals surface area contributed by atoms with Gasteiger partial charge in [0.05, 0.1) is 5.69 Å². The fourth-order valence-corrected chi connectivity index (χ4v) is 4.15. The number of hydrogen-bond acceptors (Lipinski definition) is 7. The van der Waals surface area contributed by atoms with Gasteiger partial charge in [-0.25, -0.2) is 9.59 Å². The zero-order valence-electron chi connectivity index (χ0n) is 18.2. The van der Waals surface area contributed by atoms with Crippen LogP contribution in [-0.4, -0.2) is 33.3 Å². The molecule has 2 aromatic rings. The molecule has 0 saturated heterocycles. The minimum absolute atomic E-state index is 0.176. The maximum atomic E-state index is 12.8. The Hall–Kier alpha value is -4.27. The Morgan fingerprint density at radius 3 is 2.91 bits per heavy atom. The molecule has 1 aliphatic carbocycles. The molecule has 3 heterocycles. The Kier molecular flexibility index (Phi) is 5.90. The molecule has 5 rings (SSSR count). The summed E-state index contributed by atoms with van der Waals surface area (Å²) in [5.41, 5.74) is 3.04. The molecule has 1 unspecified atom stereocenters. The maximum absolute atomic E-state index is 12.8. The Bertz CT molecular complexity index is 1300. The highest BCUT2D eigenvalue weighted by atomic mass is 16.6. The molecule has 0 bridgehead atoms. The molecule has 3 aliphatic rings. The van der Waals surface area contributed by atoms with Crippen molar-refractivity contribution in [3.8, 4) is 22.9 Å². The molecule has 0 radical (unpaired) electrons. The van der Waals surface area contributed by atoms with Gasteiger partial charge in [0.1, 0.15) is 24.5 Å².